The molecule has 2 fully saturated rings. The van der Waals surface area contributed by atoms with Crippen LogP contribution < -0.4 is 15.4 Å². The molecule has 0 unspecified atom stereocenters. The molecule has 1 spiro atoms. The van der Waals surface area contributed by atoms with E-state index in [2.05, 4.69) is 10.2 Å². The molecule has 1 aromatic heterocycles. The molecule has 3 heterocycles. The first kappa shape index (κ1) is 22.3. The standard InChI is InChI=1S/C25H26ClN5O3/c1-34-22-13-18(3-5-19(22)16-14-28-29-15-16)31-11-8-25(24(31)33)6-9-30(10-7-25)23(32)20-4-2-17(27)12-21(20)26/h2-5,12-15H,6-11,27H2,1H3,(H,28,29). The van der Waals surface area contributed by atoms with E-state index in [1.54, 1.807) is 42.6 Å². The van der Waals surface area contributed by atoms with Crippen LogP contribution in [0.1, 0.15) is 29.6 Å². The normalized spacial score (nSPS) is 17.4. The number of hydrogen-bond acceptors (Lipinski definition) is 5. The summed E-state index contributed by atoms with van der Waals surface area (Å²) in [5.41, 5.74) is 8.91. The van der Waals surface area contributed by atoms with Gasteiger partial charge in [-0.1, -0.05) is 11.6 Å². The molecule has 3 aromatic rings. The van der Waals surface area contributed by atoms with Gasteiger partial charge < -0.3 is 20.3 Å². The van der Waals surface area contributed by atoms with Crippen LogP contribution in [-0.4, -0.2) is 53.7 Å². The average Bonchev–Trinajstić information content (AvgIpc) is 3.48. The van der Waals surface area contributed by atoms with Gasteiger partial charge in [0.05, 0.1) is 29.3 Å². The molecule has 8 nitrogen and oxygen atoms in total. The smallest absolute Gasteiger partial charge is 0.255 e. The largest absolute Gasteiger partial charge is 0.496 e. The van der Waals surface area contributed by atoms with Gasteiger partial charge in [0.15, 0.2) is 0 Å². The van der Waals surface area contributed by atoms with E-state index in [9.17, 15) is 9.59 Å². The molecule has 0 atom stereocenters. The number of nitrogens with zero attached hydrogens (tertiary/aromatic N) is 3. The Kier molecular flexibility index (Phi) is 5.69. The van der Waals surface area contributed by atoms with Gasteiger partial charge in [0.2, 0.25) is 5.91 Å². The summed E-state index contributed by atoms with van der Waals surface area (Å²) in [5, 5.41) is 7.16. The number of aromatic nitrogens is 2. The molecular weight excluding hydrogens is 454 g/mol. The summed E-state index contributed by atoms with van der Waals surface area (Å²) in [6.45, 7) is 1.68. The van der Waals surface area contributed by atoms with Crippen LogP contribution in [0, 0.1) is 5.41 Å². The lowest BCUT2D eigenvalue weighted by Gasteiger charge is -2.38. The van der Waals surface area contributed by atoms with Gasteiger partial charge in [0.25, 0.3) is 5.91 Å². The summed E-state index contributed by atoms with van der Waals surface area (Å²) in [5.74, 6) is 0.679. The SMILES string of the molecule is COc1cc(N2CCC3(CCN(C(=O)c4ccc(N)cc4Cl)CC3)C2=O)ccc1-c1cn[nH]c1. The van der Waals surface area contributed by atoms with E-state index in [0.29, 0.717) is 54.5 Å². The van der Waals surface area contributed by atoms with E-state index in [-0.39, 0.29) is 11.8 Å². The highest BCUT2D eigenvalue weighted by atomic mass is 35.5. The van der Waals surface area contributed by atoms with Crippen molar-refractivity contribution in [2.45, 2.75) is 19.3 Å². The predicted octanol–water partition coefficient (Wildman–Crippen LogP) is 3.98. The van der Waals surface area contributed by atoms with E-state index >= 15 is 0 Å². The fraction of sp³-hybridized carbons (Fsp3) is 0.320. The highest BCUT2D eigenvalue weighted by Gasteiger charge is 2.49. The minimum absolute atomic E-state index is 0.114. The monoisotopic (exact) mass is 479 g/mol. The summed E-state index contributed by atoms with van der Waals surface area (Å²) < 4.78 is 5.60. The summed E-state index contributed by atoms with van der Waals surface area (Å²) in [4.78, 5) is 30.2. The first-order chi connectivity index (χ1) is 16.4. The molecule has 2 amide bonds. The van der Waals surface area contributed by atoms with E-state index in [1.165, 1.54) is 0 Å². The Morgan fingerprint density at radius 3 is 2.59 bits per heavy atom. The Morgan fingerprint density at radius 1 is 1.15 bits per heavy atom. The fourth-order valence-electron chi connectivity index (χ4n) is 5.03. The number of nitrogens with two attached hydrogens (primary N) is 1. The summed E-state index contributed by atoms with van der Waals surface area (Å²) in [6.07, 6.45) is 5.57. The number of hydrogen-bond donors (Lipinski definition) is 2. The Morgan fingerprint density at radius 2 is 1.91 bits per heavy atom. The first-order valence-corrected chi connectivity index (χ1v) is 11.6. The number of ether oxygens (including phenoxy) is 1. The number of piperidine rings is 1. The molecule has 2 aromatic carbocycles. The van der Waals surface area contributed by atoms with Crippen molar-refractivity contribution in [3.8, 4) is 16.9 Å². The third-order valence-electron chi connectivity index (χ3n) is 7.05. The third-order valence-corrected chi connectivity index (χ3v) is 7.36. The molecule has 2 aliphatic rings. The van der Waals surface area contributed by atoms with Gasteiger partial charge in [-0.15, -0.1) is 0 Å². The van der Waals surface area contributed by atoms with Crippen LogP contribution in [0.4, 0.5) is 11.4 Å². The summed E-state index contributed by atoms with van der Waals surface area (Å²) in [7, 11) is 1.62. The number of nitrogen functional groups attached to an aromatic ring is 1. The Bertz CT molecular complexity index is 1240. The Balaban J connectivity index is 1.30. The second kappa shape index (κ2) is 8.68. The van der Waals surface area contributed by atoms with Crippen molar-refractivity contribution >= 4 is 34.8 Å². The van der Waals surface area contributed by atoms with Crippen molar-refractivity contribution in [1.29, 1.82) is 0 Å². The van der Waals surface area contributed by atoms with Crippen LogP contribution in [0.15, 0.2) is 48.8 Å². The van der Waals surface area contributed by atoms with Crippen molar-refractivity contribution in [2.24, 2.45) is 5.41 Å². The number of carbonyl (C=O) groups is 2. The maximum atomic E-state index is 13.6. The van der Waals surface area contributed by atoms with Crippen molar-refractivity contribution < 1.29 is 14.3 Å². The van der Waals surface area contributed by atoms with Crippen molar-refractivity contribution in [1.82, 2.24) is 15.1 Å². The van der Waals surface area contributed by atoms with Gasteiger partial charge in [-0.3, -0.25) is 14.7 Å². The van der Waals surface area contributed by atoms with Crippen LogP contribution in [0.5, 0.6) is 5.75 Å². The molecule has 2 aliphatic heterocycles. The Labute approximate surface area is 202 Å². The number of nitrogens with one attached hydrogen (secondary N) is 1. The van der Waals surface area contributed by atoms with Crippen molar-refractivity contribution in [3.05, 3.63) is 59.4 Å². The molecular formula is C25H26ClN5O3. The number of aromatic amines is 1. The molecule has 0 bridgehead atoms. The average molecular weight is 480 g/mol. The quantitative estimate of drug-likeness (QED) is 0.551. The molecule has 9 heteroatoms. The topological polar surface area (TPSA) is 105 Å². The van der Waals surface area contributed by atoms with Gasteiger partial charge in [-0.05, 0) is 49.6 Å². The van der Waals surface area contributed by atoms with E-state index in [1.807, 2.05) is 23.1 Å². The maximum absolute atomic E-state index is 13.6. The van der Waals surface area contributed by atoms with Crippen LogP contribution in [-0.2, 0) is 4.79 Å². The lowest BCUT2D eigenvalue weighted by molar-refractivity contribution is -0.127. The van der Waals surface area contributed by atoms with Crippen LogP contribution in [0.3, 0.4) is 0 Å². The van der Waals surface area contributed by atoms with Crippen LogP contribution in [0.25, 0.3) is 11.1 Å². The van der Waals surface area contributed by atoms with Crippen LogP contribution >= 0.6 is 11.6 Å². The van der Waals surface area contributed by atoms with Crippen LogP contribution in [0.2, 0.25) is 5.02 Å². The molecule has 5 rings (SSSR count). The van der Waals surface area contributed by atoms with Gasteiger partial charge in [0.1, 0.15) is 5.75 Å². The molecule has 3 N–H and O–H groups in total. The second-order valence-corrected chi connectivity index (χ2v) is 9.30. The van der Waals surface area contributed by atoms with Crippen molar-refractivity contribution in [3.63, 3.8) is 0 Å². The number of benzene rings is 2. The van der Waals surface area contributed by atoms with E-state index < -0.39 is 5.41 Å². The number of H-pyrrole nitrogens is 1. The molecule has 0 saturated carbocycles. The van der Waals surface area contributed by atoms with E-state index in [0.717, 1.165) is 23.2 Å². The van der Waals surface area contributed by atoms with Gasteiger partial charge >= 0.3 is 0 Å². The zero-order chi connectivity index (χ0) is 23.9. The van der Waals surface area contributed by atoms with Gasteiger partial charge in [-0.25, -0.2) is 0 Å². The highest BCUT2D eigenvalue weighted by molar-refractivity contribution is 6.34. The van der Waals surface area contributed by atoms with E-state index in [4.69, 9.17) is 22.1 Å². The second-order valence-electron chi connectivity index (χ2n) is 8.89. The molecule has 2 saturated heterocycles. The van der Waals surface area contributed by atoms with Crippen molar-refractivity contribution in [2.75, 3.05) is 37.4 Å². The fourth-order valence-corrected chi connectivity index (χ4v) is 5.30. The zero-order valence-corrected chi connectivity index (χ0v) is 19.6. The van der Waals surface area contributed by atoms with Gasteiger partial charge in [-0.2, -0.15) is 5.10 Å². The summed E-state index contributed by atoms with van der Waals surface area (Å²) in [6, 6.07) is 10.7. The number of likely N-dealkylation sites (tertiary alicyclic amines) is 1. The molecule has 0 aliphatic carbocycles. The molecule has 0 radical (unpaired) electrons. The minimum Gasteiger partial charge on any atom is -0.496 e. The molecule has 176 valence electrons. The lowest BCUT2D eigenvalue weighted by atomic mass is 9.77. The number of halogens is 1. The number of anilines is 2. The lowest BCUT2D eigenvalue weighted by Crippen LogP contribution is -2.46. The number of amides is 2. The third kappa shape index (κ3) is 3.77. The number of rotatable bonds is 4. The highest BCUT2D eigenvalue weighted by Crippen LogP contribution is 2.44. The zero-order valence-electron chi connectivity index (χ0n) is 18.9. The Hall–Kier alpha value is -3.52. The number of methoxy groups -OCH3 is 1. The van der Waals surface area contributed by atoms with Gasteiger partial charge in [0, 0.05) is 54.4 Å². The maximum Gasteiger partial charge on any atom is 0.255 e. The number of carbonyl (C=O) groups excluding carboxylic acids is 2. The minimum atomic E-state index is -0.446. The molecule has 34 heavy (non-hydrogen) atoms. The predicted molar refractivity (Wildman–Crippen MR) is 131 cm³/mol. The summed E-state index contributed by atoms with van der Waals surface area (Å²) >= 11 is 6.24. The first-order valence-electron chi connectivity index (χ1n) is 11.3.